The molecule has 5 aromatic rings. The first-order valence-electron chi connectivity index (χ1n) is 7.75. The number of rotatable bonds is 3. The fourth-order valence-electron chi connectivity index (χ4n) is 2.69. The normalized spacial score (nSPS) is 11.2. The molecule has 0 aliphatic heterocycles. The van der Waals surface area contributed by atoms with Crippen LogP contribution in [-0.4, -0.2) is 29.3 Å². The third-order valence-electron chi connectivity index (χ3n) is 3.88. The minimum atomic E-state index is 0.445. The van der Waals surface area contributed by atoms with E-state index in [4.69, 9.17) is 4.52 Å². The topological polar surface area (TPSA) is 74.0 Å². The van der Waals surface area contributed by atoms with Crippen molar-refractivity contribution >= 4 is 5.65 Å². The standard InChI is InChI=1S/C18H12N6O/c1-2-9-23-12-15(20-16(23)7-1)17-21-18(25-22-17)13-5-3-6-14(11-13)24-10-4-8-19-24/h1-12H. The van der Waals surface area contributed by atoms with Crippen molar-refractivity contribution in [3.05, 3.63) is 73.3 Å². The lowest BCUT2D eigenvalue weighted by atomic mass is 10.2. The molecule has 0 atom stereocenters. The van der Waals surface area contributed by atoms with Crippen molar-refractivity contribution in [2.75, 3.05) is 0 Å². The summed E-state index contributed by atoms with van der Waals surface area (Å²) in [6.45, 7) is 0. The summed E-state index contributed by atoms with van der Waals surface area (Å²) >= 11 is 0. The highest BCUT2D eigenvalue weighted by Gasteiger charge is 2.14. The second-order valence-electron chi connectivity index (χ2n) is 5.52. The van der Waals surface area contributed by atoms with E-state index >= 15 is 0 Å². The lowest BCUT2D eigenvalue weighted by Gasteiger charge is -2.02. The van der Waals surface area contributed by atoms with Crippen LogP contribution in [0.1, 0.15) is 0 Å². The van der Waals surface area contributed by atoms with E-state index in [0.717, 1.165) is 16.9 Å². The van der Waals surface area contributed by atoms with Crippen LogP contribution in [0.15, 0.2) is 77.8 Å². The molecule has 0 amide bonds. The first kappa shape index (κ1) is 13.7. The van der Waals surface area contributed by atoms with Crippen LogP contribution in [0.4, 0.5) is 0 Å². The Hall–Kier alpha value is -3.74. The van der Waals surface area contributed by atoms with Crippen LogP contribution >= 0.6 is 0 Å². The predicted molar refractivity (Wildman–Crippen MR) is 91.0 cm³/mol. The molecular weight excluding hydrogens is 316 g/mol. The molecule has 0 aliphatic carbocycles. The molecule has 7 heteroatoms. The van der Waals surface area contributed by atoms with Crippen molar-refractivity contribution < 1.29 is 4.52 Å². The first-order valence-corrected chi connectivity index (χ1v) is 7.75. The van der Waals surface area contributed by atoms with Gasteiger partial charge < -0.3 is 8.92 Å². The second kappa shape index (κ2) is 5.41. The van der Waals surface area contributed by atoms with E-state index in [0.29, 0.717) is 17.4 Å². The lowest BCUT2D eigenvalue weighted by molar-refractivity contribution is 0.432. The Bertz CT molecular complexity index is 1120. The maximum absolute atomic E-state index is 5.43. The van der Waals surface area contributed by atoms with Gasteiger partial charge in [0, 0.05) is 30.4 Å². The van der Waals surface area contributed by atoms with Crippen LogP contribution in [0, 0.1) is 0 Å². The maximum atomic E-state index is 5.43. The van der Waals surface area contributed by atoms with Crippen LogP contribution in [0.5, 0.6) is 0 Å². The van der Waals surface area contributed by atoms with Crippen molar-refractivity contribution in [3.8, 4) is 28.7 Å². The molecule has 0 aliphatic rings. The molecule has 0 radical (unpaired) electrons. The minimum absolute atomic E-state index is 0.445. The monoisotopic (exact) mass is 328 g/mol. The van der Waals surface area contributed by atoms with Crippen LogP contribution in [-0.2, 0) is 0 Å². The zero-order valence-corrected chi connectivity index (χ0v) is 13.0. The SMILES string of the molecule is c1cc(-c2nc(-c3cn4ccccc4n3)no2)cc(-n2cccn2)c1. The molecule has 4 aromatic heterocycles. The third-order valence-corrected chi connectivity index (χ3v) is 3.88. The van der Waals surface area contributed by atoms with Crippen LogP contribution in [0.2, 0.25) is 0 Å². The average Bonchev–Trinajstić information content (AvgIpc) is 3.41. The van der Waals surface area contributed by atoms with Gasteiger partial charge in [-0.3, -0.25) is 0 Å². The smallest absolute Gasteiger partial charge is 0.258 e. The number of fused-ring (bicyclic) bond motifs is 1. The lowest BCUT2D eigenvalue weighted by Crippen LogP contribution is -1.94. The van der Waals surface area contributed by atoms with Crippen molar-refractivity contribution in [1.29, 1.82) is 0 Å². The van der Waals surface area contributed by atoms with E-state index < -0.39 is 0 Å². The largest absolute Gasteiger partial charge is 0.334 e. The quantitative estimate of drug-likeness (QED) is 0.508. The van der Waals surface area contributed by atoms with Crippen LogP contribution in [0.25, 0.3) is 34.3 Å². The fraction of sp³-hybridized carbons (Fsp3) is 0. The van der Waals surface area contributed by atoms with Gasteiger partial charge in [0.15, 0.2) is 0 Å². The van der Waals surface area contributed by atoms with Gasteiger partial charge in [-0.15, -0.1) is 0 Å². The molecule has 0 N–H and O–H groups in total. The summed E-state index contributed by atoms with van der Waals surface area (Å²) in [5.74, 6) is 0.907. The summed E-state index contributed by atoms with van der Waals surface area (Å²) in [6, 6.07) is 15.5. The summed E-state index contributed by atoms with van der Waals surface area (Å²) in [5, 5.41) is 8.30. The van der Waals surface area contributed by atoms with Gasteiger partial charge in [0.05, 0.1) is 5.69 Å². The second-order valence-corrected chi connectivity index (χ2v) is 5.52. The van der Waals surface area contributed by atoms with E-state index in [2.05, 4.69) is 20.2 Å². The molecule has 0 fully saturated rings. The van der Waals surface area contributed by atoms with Crippen molar-refractivity contribution in [2.45, 2.75) is 0 Å². The molecule has 0 unspecified atom stereocenters. The summed E-state index contributed by atoms with van der Waals surface area (Å²) in [7, 11) is 0. The number of pyridine rings is 1. The van der Waals surface area contributed by atoms with E-state index in [1.54, 1.807) is 10.9 Å². The molecule has 0 bridgehead atoms. The average molecular weight is 328 g/mol. The van der Waals surface area contributed by atoms with Gasteiger partial charge >= 0.3 is 0 Å². The highest BCUT2D eigenvalue weighted by atomic mass is 16.5. The van der Waals surface area contributed by atoms with Crippen molar-refractivity contribution in [3.63, 3.8) is 0 Å². The highest BCUT2D eigenvalue weighted by molar-refractivity contribution is 5.61. The molecule has 7 nitrogen and oxygen atoms in total. The Morgan fingerprint density at radius 2 is 1.92 bits per heavy atom. The number of aromatic nitrogens is 6. The van der Waals surface area contributed by atoms with E-state index in [1.165, 1.54) is 0 Å². The maximum Gasteiger partial charge on any atom is 0.258 e. The van der Waals surface area contributed by atoms with E-state index in [9.17, 15) is 0 Å². The summed E-state index contributed by atoms with van der Waals surface area (Å²) in [4.78, 5) is 9.00. The molecular formula is C18H12N6O. The Labute approximate surface area is 142 Å². The summed E-state index contributed by atoms with van der Waals surface area (Å²) in [6.07, 6.45) is 7.43. The Morgan fingerprint density at radius 3 is 2.80 bits per heavy atom. The van der Waals surface area contributed by atoms with Gasteiger partial charge in [-0.2, -0.15) is 10.1 Å². The zero-order chi connectivity index (χ0) is 16.6. The predicted octanol–water partition coefficient (Wildman–Crippen LogP) is 3.24. The first-order chi connectivity index (χ1) is 12.4. The molecule has 120 valence electrons. The Morgan fingerprint density at radius 1 is 0.920 bits per heavy atom. The van der Waals surface area contributed by atoms with Gasteiger partial charge in [-0.25, -0.2) is 9.67 Å². The Balaban J connectivity index is 1.53. The molecule has 1 aromatic carbocycles. The number of imidazole rings is 1. The number of hydrogen-bond donors (Lipinski definition) is 0. The van der Waals surface area contributed by atoms with E-state index in [1.807, 2.05) is 71.5 Å². The number of hydrogen-bond acceptors (Lipinski definition) is 5. The van der Waals surface area contributed by atoms with Gasteiger partial charge in [-0.05, 0) is 36.4 Å². The minimum Gasteiger partial charge on any atom is -0.334 e. The Kier molecular flexibility index (Phi) is 2.96. The van der Waals surface area contributed by atoms with Gasteiger partial charge in [0.1, 0.15) is 11.3 Å². The van der Waals surface area contributed by atoms with Crippen LogP contribution in [0.3, 0.4) is 0 Å². The highest BCUT2D eigenvalue weighted by Crippen LogP contribution is 2.23. The van der Waals surface area contributed by atoms with Gasteiger partial charge in [0.25, 0.3) is 5.89 Å². The van der Waals surface area contributed by atoms with E-state index in [-0.39, 0.29) is 0 Å². The molecule has 0 saturated carbocycles. The number of benzene rings is 1. The molecule has 0 spiro atoms. The van der Waals surface area contributed by atoms with Crippen molar-refractivity contribution in [1.82, 2.24) is 29.3 Å². The zero-order valence-electron chi connectivity index (χ0n) is 13.0. The molecule has 5 rings (SSSR count). The fourth-order valence-corrected chi connectivity index (χ4v) is 2.69. The summed E-state index contributed by atoms with van der Waals surface area (Å²) < 4.78 is 9.13. The van der Waals surface area contributed by atoms with Crippen LogP contribution < -0.4 is 0 Å². The number of nitrogens with zero attached hydrogens (tertiary/aromatic N) is 6. The van der Waals surface area contributed by atoms with Gasteiger partial charge in [0.2, 0.25) is 5.82 Å². The molecule has 0 saturated heterocycles. The molecule has 25 heavy (non-hydrogen) atoms. The summed E-state index contributed by atoms with van der Waals surface area (Å²) in [5.41, 5.74) is 3.26. The molecule has 4 heterocycles. The third kappa shape index (κ3) is 2.38. The van der Waals surface area contributed by atoms with Gasteiger partial charge in [-0.1, -0.05) is 17.3 Å². The van der Waals surface area contributed by atoms with Crippen molar-refractivity contribution in [2.24, 2.45) is 0 Å².